The summed E-state index contributed by atoms with van der Waals surface area (Å²) in [7, 11) is -7.01. The molecule has 0 aliphatic carbocycles. The largest absolute Gasteiger partial charge is 0.460 e. The van der Waals surface area contributed by atoms with E-state index in [1.165, 1.54) is 24.3 Å². The standard InChI is InChI=1S/C13H6F9NO3S/c14-10(15,12(18,19)20)11(16,17)13(21,22)27(24,25)26-9-6-5-7-3-1-2-4-8(7)23-9/h1-6H. The first-order valence-corrected chi connectivity index (χ1v) is 7.95. The Kier molecular flexibility index (Phi) is 4.79. The molecule has 0 atom stereocenters. The molecular formula is C13H6F9NO3S. The Morgan fingerprint density at radius 2 is 1.33 bits per heavy atom. The lowest BCUT2D eigenvalue weighted by Crippen LogP contribution is -2.63. The van der Waals surface area contributed by atoms with E-state index in [1.54, 1.807) is 0 Å². The quantitative estimate of drug-likeness (QED) is 0.526. The first-order chi connectivity index (χ1) is 12.0. The van der Waals surface area contributed by atoms with Gasteiger partial charge in [-0.25, -0.2) is 4.98 Å². The second-order valence-electron chi connectivity index (χ2n) is 5.04. The molecule has 0 N–H and O–H groups in total. The predicted molar refractivity (Wildman–Crippen MR) is 72.2 cm³/mol. The molecule has 1 heterocycles. The zero-order valence-corrected chi connectivity index (χ0v) is 13.3. The van der Waals surface area contributed by atoms with Crippen LogP contribution in [-0.4, -0.2) is 36.7 Å². The molecule has 0 amide bonds. The van der Waals surface area contributed by atoms with Gasteiger partial charge in [0.15, 0.2) is 0 Å². The molecule has 0 fully saturated rings. The third-order valence-electron chi connectivity index (χ3n) is 3.20. The van der Waals surface area contributed by atoms with Crippen LogP contribution >= 0.6 is 0 Å². The van der Waals surface area contributed by atoms with Crippen molar-refractivity contribution in [3.63, 3.8) is 0 Å². The lowest BCUT2D eigenvalue weighted by atomic mass is 10.1. The van der Waals surface area contributed by atoms with E-state index in [0.717, 1.165) is 6.07 Å². The average molecular weight is 427 g/mol. The molecule has 0 bridgehead atoms. The minimum Gasteiger partial charge on any atom is -0.357 e. The fourth-order valence-electron chi connectivity index (χ4n) is 1.78. The summed E-state index contributed by atoms with van der Waals surface area (Å²) in [6.45, 7) is 0. The van der Waals surface area contributed by atoms with Crippen molar-refractivity contribution in [3.8, 4) is 5.88 Å². The van der Waals surface area contributed by atoms with Gasteiger partial charge in [-0.3, -0.25) is 0 Å². The van der Waals surface area contributed by atoms with Gasteiger partial charge in [-0.2, -0.15) is 47.9 Å². The van der Waals surface area contributed by atoms with E-state index < -0.39 is 39.3 Å². The minimum absolute atomic E-state index is 0.0547. The molecule has 27 heavy (non-hydrogen) atoms. The molecule has 150 valence electrons. The van der Waals surface area contributed by atoms with E-state index in [-0.39, 0.29) is 5.52 Å². The van der Waals surface area contributed by atoms with Gasteiger partial charge >= 0.3 is 33.4 Å². The number of hydrogen-bond donors (Lipinski definition) is 0. The lowest BCUT2D eigenvalue weighted by molar-refractivity contribution is -0.382. The molecule has 0 aliphatic rings. The van der Waals surface area contributed by atoms with Crippen LogP contribution < -0.4 is 4.18 Å². The van der Waals surface area contributed by atoms with Crippen molar-refractivity contribution in [2.75, 3.05) is 0 Å². The summed E-state index contributed by atoms with van der Waals surface area (Å²) in [5.74, 6) is -16.0. The second kappa shape index (κ2) is 6.14. The van der Waals surface area contributed by atoms with Crippen LogP contribution in [0.15, 0.2) is 36.4 Å². The van der Waals surface area contributed by atoms with Crippen LogP contribution in [0, 0.1) is 0 Å². The molecule has 0 saturated carbocycles. The van der Waals surface area contributed by atoms with Crippen LogP contribution in [0.5, 0.6) is 5.88 Å². The zero-order chi connectivity index (χ0) is 20.9. The normalized spacial score (nSPS) is 14.4. The Morgan fingerprint density at radius 1 is 0.778 bits per heavy atom. The van der Waals surface area contributed by atoms with Gasteiger partial charge in [0.05, 0.1) is 5.52 Å². The van der Waals surface area contributed by atoms with Gasteiger partial charge in [-0.05, 0) is 12.1 Å². The summed E-state index contributed by atoms with van der Waals surface area (Å²) in [5, 5.41) is -6.60. The molecule has 0 unspecified atom stereocenters. The van der Waals surface area contributed by atoms with Crippen LogP contribution in [0.4, 0.5) is 39.5 Å². The van der Waals surface area contributed by atoms with Gasteiger partial charge in [-0.15, -0.1) is 0 Å². The highest BCUT2D eigenvalue weighted by atomic mass is 32.2. The smallest absolute Gasteiger partial charge is 0.357 e. The van der Waals surface area contributed by atoms with Gasteiger partial charge in [0, 0.05) is 11.5 Å². The number of nitrogens with zero attached hydrogens (tertiary/aromatic N) is 1. The van der Waals surface area contributed by atoms with Crippen LogP contribution in [0.25, 0.3) is 10.9 Å². The number of pyridine rings is 1. The highest BCUT2D eigenvalue weighted by molar-refractivity contribution is 7.88. The van der Waals surface area contributed by atoms with Crippen molar-refractivity contribution >= 4 is 21.0 Å². The third kappa shape index (κ3) is 3.26. The lowest BCUT2D eigenvalue weighted by Gasteiger charge is -2.32. The summed E-state index contributed by atoms with van der Waals surface area (Å²) in [5.41, 5.74) is -0.0547. The Balaban J connectivity index is 2.46. The maximum Gasteiger partial charge on any atom is 0.460 e. The maximum absolute atomic E-state index is 13.5. The number of fused-ring (bicyclic) bond motifs is 1. The maximum atomic E-state index is 13.5. The molecule has 2 aromatic rings. The predicted octanol–water partition coefficient (Wildman–Crippen LogP) is 4.37. The van der Waals surface area contributed by atoms with Crippen molar-refractivity contribution in [2.45, 2.75) is 23.3 Å². The van der Waals surface area contributed by atoms with Crippen LogP contribution in [0.2, 0.25) is 0 Å². The SMILES string of the molecule is O=S(=O)(Oc1ccc2ccccc2n1)C(F)(F)C(F)(F)C(F)(F)C(F)(F)F. The Hall–Kier alpha value is -2.25. The van der Waals surface area contributed by atoms with Gasteiger partial charge in [0.2, 0.25) is 5.88 Å². The monoisotopic (exact) mass is 427 g/mol. The van der Waals surface area contributed by atoms with Crippen molar-refractivity contribution < 1.29 is 52.1 Å². The number of benzene rings is 1. The van der Waals surface area contributed by atoms with Crippen LogP contribution in [0.1, 0.15) is 0 Å². The van der Waals surface area contributed by atoms with Gasteiger partial charge < -0.3 is 4.18 Å². The molecule has 4 nitrogen and oxygen atoms in total. The number of para-hydroxylation sites is 1. The van der Waals surface area contributed by atoms with E-state index in [9.17, 15) is 47.9 Å². The van der Waals surface area contributed by atoms with E-state index in [0.29, 0.717) is 11.5 Å². The molecule has 0 saturated heterocycles. The summed E-state index contributed by atoms with van der Waals surface area (Å²) in [6, 6.07) is 7.24. The first kappa shape index (κ1) is 21.1. The summed E-state index contributed by atoms with van der Waals surface area (Å²) in [4.78, 5) is 3.38. The van der Waals surface area contributed by atoms with Gasteiger partial charge in [-0.1, -0.05) is 18.2 Å². The highest BCUT2D eigenvalue weighted by Crippen LogP contribution is 2.54. The van der Waals surface area contributed by atoms with Crippen LogP contribution in [-0.2, 0) is 10.1 Å². The molecule has 2 rings (SSSR count). The number of hydrogen-bond acceptors (Lipinski definition) is 4. The van der Waals surface area contributed by atoms with Gasteiger partial charge in [0.25, 0.3) is 0 Å². The molecule has 0 spiro atoms. The van der Waals surface area contributed by atoms with E-state index in [4.69, 9.17) is 0 Å². The first-order valence-electron chi connectivity index (χ1n) is 6.54. The fraction of sp³-hybridized carbons (Fsp3) is 0.308. The molecule has 0 radical (unpaired) electrons. The molecular weight excluding hydrogens is 421 g/mol. The molecule has 0 aliphatic heterocycles. The van der Waals surface area contributed by atoms with Gasteiger partial charge in [0.1, 0.15) is 0 Å². The molecule has 14 heteroatoms. The molecule has 1 aromatic carbocycles. The highest BCUT2D eigenvalue weighted by Gasteiger charge is 2.86. The summed E-state index contributed by atoms with van der Waals surface area (Å²) >= 11 is 0. The Bertz CT molecular complexity index is 957. The van der Waals surface area contributed by atoms with Crippen LogP contribution in [0.3, 0.4) is 0 Å². The van der Waals surface area contributed by atoms with Crippen molar-refractivity contribution in [1.82, 2.24) is 4.98 Å². The number of aromatic nitrogens is 1. The summed E-state index contributed by atoms with van der Waals surface area (Å²) < 4.78 is 142. The Morgan fingerprint density at radius 3 is 1.89 bits per heavy atom. The summed E-state index contributed by atoms with van der Waals surface area (Å²) in [6.07, 6.45) is -7.16. The second-order valence-corrected chi connectivity index (χ2v) is 6.63. The number of alkyl halides is 9. The van der Waals surface area contributed by atoms with Crippen molar-refractivity contribution in [2.24, 2.45) is 0 Å². The number of rotatable bonds is 5. The number of halogens is 9. The van der Waals surface area contributed by atoms with E-state index in [2.05, 4.69) is 9.17 Å². The van der Waals surface area contributed by atoms with Crippen molar-refractivity contribution in [3.05, 3.63) is 36.4 Å². The van der Waals surface area contributed by atoms with Crippen molar-refractivity contribution in [1.29, 1.82) is 0 Å². The zero-order valence-electron chi connectivity index (χ0n) is 12.4. The topological polar surface area (TPSA) is 56.3 Å². The Labute approximate surface area is 144 Å². The average Bonchev–Trinajstić information content (AvgIpc) is 2.52. The van der Waals surface area contributed by atoms with E-state index in [1.807, 2.05) is 0 Å². The molecule has 1 aromatic heterocycles. The third-order valence-corrected chi connectivity index (χ3v) is 4.47. The minimum atomic E-state index is -7.37. The van der Waals surface area contributed by atoms with E-state index >= 15 is 0 Å². The fourth-order valence-corrected chi connectivity index (χ4v) is 2.64.